The summed E-state index contributed by atoms with van der Waals surface area (Å²) in [6.45, 7) is 11.5. The van der Waals surface area contributed by atoms with E-state index >= 15 is 0 Å². The summed E-state index contributed by atoms with van der Waals surface area (Å²) in [5.74, 6) is 0.597. The van der Waals surface area contributed by atoms with Gasteiger partial charge in [0, 0.05) is 6.61 Å². The zero-order valence-electron chi connectivity index (χ0n) is 26.0. The van der Waals surface area contributed by atoms with Crippen LogP contribution < -0.4 is 0 Å². The molecule has 0 aromatic heterocycles. The van der Waals surface area contributed by atoms with Crippen LogP contribution in [0, 0.1) is 5.92 Å². The molecule has 0 aliphatic heterocycles. The van der Waals surface area contributed by atoms with Crippen LogP contribution in [0.25, 0.3) is 0 Å². The van der Waals surface area contributed by atoms with E-state index < -0.39 is 5.60 Å². The van der Waals surface area contributed by atoms with E-state index in [9.17, 15) is 0 Å². The van der Waals surface area contributed by atoms with E-state index in [2.05, 4.69) is 50.2 Å². The van der Waals surface area contributed by atoms with Gasteiger partial charge < -0.3 is 33.2 Å². The lowest BCUT2D eigenvalue weighted by atomic mass is 9.80. The van der Waals surface area contributed by atoms with Crippen molar-refractivity contribution >= 4 is 0 Å². The van der Waals surface area contributed by atoms with Gasteiger partial charge in [-0.15, -0.1) is 0 Å². The molecule has 3 aromatic rings. The molecule has 0 amide bonds. The minimum absolute atomic E-state index is 0.429. The molecule has 7 heteroatoms. The summed E-state index contributed by atoms with van der Waals surface area (Å²) in [6, 6.07) is 31.1. The third kappa shape index (κ3) is 12.9. The molecule has 0 radical (unpaired) electrons. The molecule has 43 heavy (non-hydrogen) atoms. The van der Waals surface area contributed by atoms with E-state index in [1.165, 1.54) is 0 Å². The first-order valence-electron chi connectivity index (χ1n) is 15.5. The maximum Gasteiger partial charge on any atom is 0.143 e. The molecule has 0 saturated heterocycles. The summed E-state index contributed by atoms with van der Waals surface area (Å²) >= 11 is 0. The highest BCUT2D eigenvalue weighted by Crippen LogP contribution is 2.40. The summed E-state index contributed by atoms with van der Waals surface area (Å²) in [7, 11) is 0. The highest BCUT2D eigenvalue weighted by molar-refractivity contribution is 5.47. The summed E-state index contributed by atoms with van der Waals surface area (Å²) in [4.78, 5) is 0. The monoisotopic (exact) mass is 594 g/mol. The van der Waals surface area contributed by atoms with Crippen LogP contribution in [0.5, 0.6) is 0 Å². The molecular formula is C36H50O7. The topological polar surface area (TPSA) is 64.6 Å². The Balaban J connectivity index is 1.24. The molecule has 1 unspecified atom stereocenters. The standard InChI is InChI=1S/C36H50O7/c1-3-32(2)31-42-28-27-40-24-23-38-20-19-37-21-22-39-25-26-41-29-30-43-36(33-13-7-4-8-14-33,34-15-9-5-10-16-34)35-17-11-6-12-18-35/h4-18,32H,3,19-31H2,1-2H3. The third-order valence-corrected chi connectivity index (χ3v) is 7.05. The Labute approximate surface area is 258 Å². The van der Waals surface area contributed by atoms with Gasteiger partial charge in [0.05, 0.1) is 79.3 Å². The minimum Gasteiger partial charge on any atom is -0.379 e. The molecule has 0 spiro atoms. The Hall–Kier alpha value is -2.62. The van der Waals surface area contributed by atoms with Gasteiger partial charge in [0.15, 0.2) is 0 Å². The first-order valence-corrected chi connectivity index (χ1v) is 15.5. The average molecular weight is 595 g/mol. The fourth-order valence-electron chi connectivity index (χ4n) is 4.52. The number of hydrogen-bond donors (Lipinski definition) is 0. The van der Waals surface area contributed by atoms with Crippen molar-refractivity contribution in [1.82, 2.24) is 0 Å². The molecule has 3 rings (SSSR count). The Bertz CT molecular complexity index is 952. The molecule has 0 aliphatic carbocycles. The molecule has 0 fully saturated rings. The number of hydrogen-bond acceptors (Lipinski definition) is 7. The highest BCUT2D eigenvalue weighted by Gasteiger charge is 2.37. The SMILES string of the molecule is CCC(C)COCCOCCOCCOCCOCCOCCOC(c1ccccc1)(c1ccccc1)c1ccccc1. The smallest absolute Gasteiger partial charge is 0.143 e. The molecule has 0 aliphatic rings. The largest absolute Gasteiger partial charge is 0.379 e. The maximum atomic E-state index is 6.72. The van der Waals surface area contributed by atoms with Gasteiger partial charge in [0.2, 0.25) is 0 Å². The van der Waals surface area contributed by atoms with Crippen molar-refractivity contribution in [2.75, 3.05) is 85.9 Å². The molecule has 236 valence electrons. The Kier molecular flexibility index (Phi) is 17.8. The van der Waals surface area contributed by atoms with Crippen molar-refractivity contribution < 1.29 is 33.2 Å². The lowest BCUT2D eigenvalue weighted by Gasteiger charge is -2.36. The second-order valence-corrected chi connectivity index (χ2v) is 10.3. The second kappa shape index (κ2) is 22.0. The average Bonchev–Trinajstić information content (AvgIpc) is 3.06. The van der Waals surface area contributed by atoms with Crippen LogP contribution in [0.15, 0.2) is 91.0 Å². The fourth-order valence-corrected chi connectivity index (χ4v) is 4.52. The number of rotatable bonds is 25. The quantitative estimate of drug-likeness (QED) is 0.0863. The molecule has 1 atom stereocenters. The van der Waals surface area contributed by atoms with Crippen LogP contribution in [-0.4, -0.2) is 85.9 Å². The lowest BCUT2D eigenvalue weighted by Crippen LogP contribution is -2.34. The maximum absolute atomic E-state index is 6.72. The van der Waals surface area contributed by atoms with Crippen molar-refractivity contribution in [1.29, 1.82) is 0 Å². The fraction of sp³-hybridized carbons (Fsp3) is 0.500. The zero-order valence-corrected chi connectivity index (χ0v) is 26.0. The van der Waals surface area contributed by atoms with Crippen molar-refractivity contribution in [3.8, 4) is 0 Å². The molecule has 3 aromatic carbocycles. The molecule has 7 nitrogen and oxygen atoms in total. The van der Waals surface area contributed by atoms with Crippen LogP contribution in [-0.2, 0) is 38.8 Å². The van der Waals surface area contributed by atoms with Gasteiger partial charge in [-0.05, 0) is 22.6 Å². The van der Waals surface area contributed by atoms with Gasteiger partial charge in [-0.1, -0.05) is 111 Å². The molecule has 0 heterocycles. The van der Waals surface area contributed by atoms with Crippen molar-refractivity contribution in [3.63, 3.8) is 0 Å². The van der Waals surface area contributed by atoms with Crippen LogP contribution in [0.4, 0.5) is 0 Å². The van der Waals surface area contributed by atoms with Crippen LogP contribution >= 0.6 is 0 Å². The first-order chi connectivity index (χ1) is 21.3. The van der Waals surface area contributed by atoms with Crippen molar-refractivity contribution in [2.45, 2.75) is 25.9 Å². The van der Waals surface area contributed by atoms with Crippen LogP contribution in [0.2, 0.25) is 0 Å². The van der Waals surface area contributed by atoms with Gasteiger partial charge in [0.1, 0.15) is 5.60 Å². The van der Waals surface area contributed by atoms with Crippen molar-refractivity contribution in [3.05, 3.63) is 108 Å². The Morgan fingerprint density at radius 2 is 0.744 bits per heavy atom. The van der Waals surface area contributed by atoms with Crippen LogP contribution in [0.3, 0.4) is 0 Å². The van der Waals surface area contributed by atoms with Gasteiger partial charge in [0.25, 0.3) is 0 Å². The van der Waals surface area contributed by atoms with E-state index in [1.807, 2.05) is 54.6 Å². The zero-order chi connectivity index (χ0) is 30.3. The van der Waals surface area contributed by atoms with E-state index in [0.717, 1.165) is 29.7 Å². The molecule has 0 bridgehead atoms. The lowest BCUT2D eigenvalue weighted by molar-refractivity contribution is -0.0396. The van der Waals surface area contributed by atoms with E-state index in [4.69, 9.17) is 33.2 Å². The highest BCUT2D eigenvalue weighted by atomic mass is 16.6. The number of benzene rings is 3. The summed E-state index contributed by atoms with van der Waals surface area (Å²) < 4.78 is 40.3. The van der Waals surface area contributed by atoms with Gasteiger partial charge in [-0.3, -0.25) is 0 Å². The Morgan fingerprint density at radius 3 is 1.07 bits per heavy atom. The van der Waals surface area contributed by atoms with E-state index in [0.29, 0.717) is 85.2 Å². The predicted octanol–water partition coefficient (Wildman–Crippen LogP) is 6.14. The van der Waals surface area contributed by atoms with Crippen LogP contribution in [0.1, 0.15) is 37.0 Å². The predicted molar refractivity (Wildman–Crippen MR) is 170 cm³/mol. The van der Waals surface area contributed by atoms with Gasteiger partial charge >= 0.3 is 0 Å². The number of ether oxygens (including phenoxy) is 7. The summed E-state index contributed by atoms with van der Waals surface area (Å²) in [5.41, 5.74) is 2.49. The first kappa shape index (κ1) is 34.9. The van der Waals surface area contributed by atoms with E-state index in [1.54, 1.807) is 0 Å². The minimum atomic E-state index is -0.737. The second-order valence-electron chi connectivity index (χ2n) is 10.3. The Morgan fingerprint density at radius 1 is 0.442 bits per heavy atom. The third-order valence-electron chi connectivity index (χ3n) is 7.05. The molecular weight excluding hydrogens is 544 g/mol. The van der Waals surface area contributed by atoms with Gasteiger partial charge in [-0.25, -0.2) is 0 Å². The molecule has 0 N–H and O–H groups in total. The molecule has 0 saturated carbocycles. The van der Waals surface area contributed by atoms with E-state index in [-0.39, 0.29) is 0 Å². The summed E-state index contributed by atoms with van der Waals surface area (Å²) in [5, 5.41) is 0. The van der Waals surface area contributed by atoms with Gasteiger partial charge in [-0.2, -0.15) is 0 Å². The summed E-state index contributed by atoms with van der Waals surface area (Å²) in [6.07, 6.45) is 1.13. The van der Waals surface area contributed by atoms with Crippen molar-refractivity contribution in [2.24, 2.45) is 5.92 Å². The normalized spacial score (nSPS) is 12.4.